The molecule has 6 amide bonds. The zero-order chi connectivity index (χ0) is 57.3. The molecule has 0 spiro atoms. The second-order valence-corrected chi connectivity index (χ2v) is 23.1. The third kappa shape index (κ3) is 15.8. The molecule has 3 aromatic carbocycles. The van der Waals surface area contributed by atoms with Crippen molar-refractivity contribution in [1.82, 2.24) is 30.7 Å². The van der Waals surface area contributed by atoms with Gasteiger partial charge in [0.2, 0.25) is 17.7 Å². The molecule has 11 unspecified atom stereocenters. The standard InChI is InChI=1S/C60H68Cl2F4N6O6/c1-33(2)22-45-32-72(55(75)21-15-42-14-18-44(62)29-48(42)63)57(60(78)69-45)39(9)38(8)37(7)25-47-31-71(53(73)19-12-40-10-16-43(61)17-11-40)52(59(77)68-47)26-36(6)35(5)24-46-30-70(51(23-34(3)4)58(76)67-46)54(74)20-13-41-27-49(64)56(66)50(65)28-41/h10-11,14,16-18,27-29,33-39,45-47,51-52,57H,22-26,30-32H2,1-9H3,(H,67,76)(H,68,77)(H,69,78). The highest BCUT2D eigenvalue weighted by molar-refractivity contribution is 6.30. The van der Waals surface area contributed by atoms with Crippen LogP contribution in [-0.4, -0.2) is 106 Å². The van der Waals surface area contributed by atoms with Crippen LogP contribution in [0.15, 0.2) is 54.6 Å². The molecule has 3 saturated heterocycles. The summed E-state index contributed by atoms with van der Waals surface area (Å²) in [6.45, 7) is 18.0. The van der Waals surface area contributed by atoms with Crippen LogP contribution in [-0.2, 0) is 28.8 Å². The van der Waals surface area contributed by atoms with Crippen molar-refractivity contribution in [2.24, 2.45) is 41.4 Å². The molecule has 3 aliphatic rings. The lowest BCUT2D eigenvalue weighted by Crippen LogP contribution is -2.64. The van der Waals surface area contributed by atoms with Gasteiger partial charge in [-0.25, -0.2) is 17.6 Å². The van der Waals surface area contributed by atoms with Crippen molar-refractivity contribution in [3.8, 4) is 35.5 Å². The van der Waals surface area contributed by atoms with E-state index in [-0.39, 0.29) is 101 Å². The normalized spacial score (nSPS) is 22.3. The van der Waals surface area contributed by atoms with Crippen molar-refractivity contribution >= 4 is 58.6 Å². The number of nitrogens with zero attached hydrogens (tertiary/aromatic N) is 3. The van der Waals surface area contributed by atoms with E-state index < -0.39 is 77.1 Å². The van der Waals surface area contributed by atoms with Gasteiger partial charge in [0.05, 0.1) is 5.56 Å². The van der Waals surface area contributed by atoms with E-state index in [0.29, 0.717) is 48.4 Å². The molecular formula is C60H68Cl2F4N6O6. The fourth-order valence-corrected chi connectivity index (χ4v) is 10.9. The predicted octanol–water partition coefficient (Wildman–Crippen LogP) is 8.53. The van der Waals surface area contributed by atoms with E-state index in [1.165, 1.54) is 26.8 Å². The predicted molar refractivity (Wildman–Crippen MR) is 291 cm³/mol. The van der Waals surface area contributed by atoms with Crippen molar-refractivity contribution in [3.05, 3.63) is 105 Å². The maximum absolute atomic E-state index is 14.7. The molecule has 0 aromatic heterocycles. The molecule has 0 saturated carbocycles. The van der Waals surface area contributed by atoms with E-state index in [0.717, 1.165) is 6.07 Å². The van der Waals surface area contributed by atoms with Gasteiger partial charge in [-0.05, 0) is 128 Å². The lowest BCUT2D eigenvalue weighted by Gasteiger charge is -2.45. The largest absolute Gasteiger partial charge is 0.350 e. The number of hydrogen-bond donors (Lipinski definition) is 3. The monoisotopic (exact) mass is 1110 g/mol. The van der Waals surface area contributed by atoms with E-state index in [1.54, 1.807) is 24.3 Å². The fourth-order valence-electron chi connectivity index (χ4n) is 10.7. The number of nitrogens with one attached hydrogen (secondary N) is 3. The Hall–Kier alpha value is -6.54. The van der Waals surface area contributed by atoms with E-state index in [9.17, 15) is 46.3 Å². The fraction of sp³-hybridized carbons (Fsp3) is 0.500. The summed E-state index contributed by atoms with van der Waals surface area (Å²) in [6, 6.07) is 7.92. The zero-order valence-electron chi connectivity index (χ0n) is 45.4. The van der Waals surface area contributed by atoms with Gasteiger partial charge in [0.25, 0.3) is 17.7 Å². The minimum atomic E-state index is -1.66. The Bertz CT molecular complexity index is 2920. The number of piperazine rings is 3. The number of halogens is 6. The van der Waals surface area contributed by atoms with Gasteiger partial charge in [-0.2, -0.15) is 0 Å². The number of carbonyl (C=O) groups excluding carboxylic acids is 6. The first-order valence-corrected chi connectivity index (χ1v) is 27.3. The first-order valence-electron chi connectivity index (χ1n) is 26.5. The zero-order valence-corrected chi connectivity index (χ0v) is 46.9. The van der Waals surface area contributed by atoms with Crippen LogP contribution in [0.5, 0.6) is 0 Å². The number of carbonyl (C=O) groups is 6. The summed E-state index contributed by atoms with van der Waals surface area (Å²) in [5.41, 5.74) is 0.286. The van der Waals surface area contributed by atoms with Crippen LogP contribution < -0.4 is 16.0 Å². The summed E-state index contributed by atoms with van der Waals surface area (Å²) in [4.78, 5) is 88.3. The molecule has 18 heteroatoms. The molecule has 416 valence electrons. The van der Waals surface area contributed by atoms with Crippen molar-refractivity contribution in [1.29, 1.82) is 0 Å². The van der Waals surface area contributed by atoms with E-state index >= 15 is 0 Å². The molecule has 78 heavy (non-hydrogen) atoms. The van der Waals surface area contributed by atoms with Crippen molar-refractivity contribution in [2.75, 3.05) is 19.6 Å². The molecule has 0 radical (unpaired) electrons. The van der Waals surface area contributed by atoms with Crippen LogP contribution in [0.25, 0.3) is 0 Å². The summed E-state index contributed by atoms with van der Waals surface area (Å²) in [7, 11) is 0. The maximum atomic E-state index is 14.7. The first kappa shape index (κ1) is 60.7. The molecule has 3 fully saturated rings. The van der Waals surface area contributed by atoms with Gasteiger partial charge in [0.15, 0.2) is 17.5 Å². The number of hydrogen-bond acceptors (Lipinski definition) is 6. The first-order chi connectivity index (χ1) is 36.8. The molecule has 3 N–H and O–H groups in total. The smallest absolute Gasteiger partial charge is 0.299 e. The summed E-state index contributed by atoms with van der Waals surface area (Å²) >= 11 is 12.0. The third-order valence-electron chi connectivity index (χ3n) is 15.3. The Balaban J connectivity index is 1.18. The molecule has 3 aromatic rings. The summed E-state index contributed by atoms with van der Waals surface area (Å²) in [5, 5.41) is 10.0. The van der Waals surface area contributed by atoms with Crippen molar-refractivity contribution in [3.63, 3.8) is 0 Å². The average molecular weight is 1120 g/mol. The second kappa shape index (κ2) is 26.9. The van der Waals surface area contributed by atoms with Gasteiger partial charge >= 0.3 is 0 Å². The lowest BCUT2D eigenvalue weighted by molar-refractivity contribution is -0.145. The Kier molecular flexibility index (Phi) is 20.9. The Labute approximate surface area is 465 Å². The van der Waals surface area contributed by atoms with Gasteiger partial charge in [0.1, 0.15) is 23.9 Å². The van der Waals surface area contributed by atoms with Gasteiger partial charge in [-0.3, -0.25) is 28.8 Å². The maximum Gasteiger partial charge on any atom is 0.299 e. The van der Waals surface area contributed by atoms with Crippen LogP contribution in [0.2, 0.25) is 10.0 Å². The molecular weight excluding hydrogens is 1050 g/mol. The van der Waals surface area contributed by atoms with Crippen LogP contribution in [0.1, 0.15) is 111 Å². The second-order valence-electron chi connectivity index (χ2n) is 22.2. The van der Waals surface area contributed by atoms with E-state index in [4.69, 9.17) is 23.2 Å². The van der Waals surface area contributed by atoms with Gasteiger partial charge < -0.3 is 30.7 Å². The van der Waals surface area contributed by atoms with Gasteiger partial charge in [-0.1, -0.05) is 103 Å². The molecule has 0 bridgehead atoms. The quantitative estimate of drug-likeness (QED) is 0.0838. The number of rotatable bonds is 14. The minimum Gasteiger partial charge on any atom is -0.350 e. The van der Waals surface area contributed by atoms with E-state index in [2.05, 4.69) is 51.5 Å². The van der Waals surface area contributed by atoms with Crippen LogP contribution in [0.4, 0.5) is 17.6 Å². The van der Waals surface area contributed by atoms with Crippen LogP contribution in [0, 0.1) is 100 Å². The minimum absolute atomic E-state index is 0.00801. The van der Waals surface area contributed by atoms with E-state index in [1.807, 2.05) is 62.3 Å². The molecule has 6 rings (SSSR count). The molecule has 11 atom stereocenters. The highest BCUT2D eigenvalue weighted by Gasteiger charge is 2.45. The number of benzene rings is 3. The van der Waals surface area contributed by atoms with Crippen LogP contribution in [0.3, 0.4) is 0 Å². The van der Waals surface area contributed by atoms with Crippen molar-refractivity contribution in [2.45, 2.75) is 131 Å². The van der Waals surface area contributed by atoms with Crippen LogP contribution >= 0.6 is 23.2 Å². The SMILES string of the molecule is CC(C)CC1CN(C(=O)C#Cc2ccc(Cl)cc2F)C(C(C)C(C)C(C)CC2CN(C(=O)C#Cc3ccc(Cl)cc3)C(CC(C)C(C)CC3CN(C(=O)C#Cc4cc(F)c(F)c(F)c4)C(CC(C)C)C(=O)N3)C(=O)N2)C(=O)N1. The topological polar surface area (TPSA) is 148 Å². The van der Waals surface area contributed by atoms with Crippen molar-refractivity contribution < 1.29 is 46.3 Å². The Morgan fingerprint density at radius 2 is 0.974 bits per heavy atom. The highest BCUT2D eigenvalue weighted by atomic mass is 35.5. The number of amides is 6. The Morgan fingerprint density at radius 3 is 1.53 bits per heavy atom. The molecule has 3 heterocycles. The highest BCUT2D eigenvalue weighted by Crippen LogP contribution is 2.34. The molecule has 3 aliphatic heterocycles. The summed E-state index contributed by atoms with van der Waals surface area (Å²) < 4.78 is 56.2. The Morgan fingerprint density at radius 1 is 0.526 bits per heavy atom. The average Bonchev–Trinajstić information content (AvgIpc) is 3.41. The van der Waals surface area contributed by atoms with Gasteiger partial charge in [0, 0.05) is 76.7 Å². The molecule has 12 nitrogen and oxygen atoms in total. The van der Waals surface area contributed by atoms with Gasteiger partial charge in [-0.15, -0.1) is 0 Å². The lowest BCUT2D eigenvalue weighted by atomic mass is 9.76. The third-order valence-corrected chi connectivity index (χ3v) is 15.8. The molecule has 0 aliphatic carbocycles. The summed E-state index contributed by atoms with van der Waals surface area (Å²) in [5.74, 6) is 6.40. The summed E-state index contributed by atoms with van der Waals surface area (Å²) in [6.07, 6.45) is 1.93.